The second-order valence-electron chi connectivity index (χ2n) is 4.22. The molecule has 3 heteroatoms. The number of hydrogen-bond donors (Lipinski definition) is 1. The third-order valence-corrected chi connectivity index (χ3v) is 3.05. The highest BCUT2D eigenvalue weighted by molar-refractivity contribution is 5.83. The summed E-state index contributed by atoms with van der Waals surface area (Å²) >= 11 is 0. The Hall–Kier alpha value is -2.39. The van der Waals surface area contributed by atoms with Crippen LogP contribution in [0.1, 0.15) is 1.37 Å². The molecule has 94 valence electrons. The molecular formula is C16H14N2O. The van der Waals surface area contributed by atoms with Gasteiger partial charge in [0.2, 0.25) is 0 Å². The molecule has 0 bridgehead atoms. The number of aromatic nitrogens is 1. The lowest BCUT2D eigenvalue weighted by atomic mass is 10.2. The fourth-order valence-corrected chi connectivity index (χ4v) is 2.10. The van der Waals surface area contributed by atoms with Crippen molar-refractivity contribution in [2.24, 2.45) is 0 Å². The summed E-state index contributed by atoms with van der Waals surface area (Å²) in [5, 5.41) is 10.5. The van der Waals surface area contributed by atoms with Crippen molar-refractivity contribution in [3.05, 3.63) is 66.8 Å². The van der Waals surface area contributed by atoms with Gasteiger partial charge in [0.05, 0.1) is 6.89 Å². The van der Waals surface area contributed by atoms with E-state index >= 15 is 0 Å². The van der Waals surface area contributed by atoms with Crippen molar-refractivity contribution in [2.45, 2.75) is 0 Å². The summed E-state index contributed by atoms with van der Waals surface area (Å²) in [6.45, 7) is -0.108. The summed E-state index contributed by atoms with van der Waals surface area (Å²) in [4.78, 5) is 6.01. The van der Waals surface area contributed by atoms with Crippen molar-refractivity contribution in [1.29, 1.82) is 0 Å². The number of nitrogens with zero attached hydrogens (tertiary/aromatic N) is 2. The van der Waals surface area contributed by atoms with Gasteiger partial charge in [0.15, 0.2) is 0 Å². The molecule has 0 aliphatic heterocycles. The van der Waals surface area contributed by atoms with Gasteiger partial charge in [-0.25, -0.2) is 0 Å². The first kappa shape index (κ1) is 10.5. The molecule has 1 aromatic heterocycles. The first-order valence-electron chi connectivity index (χ1n) is 6.58. The highest BCUT2D eigenvalue weighted by Gasteiger charge is 2.08. The van der Waals surface area contributed by atoms with E-state index in [0.29, 0.717) is 6.04 Å². The molecule has 0 spiro atoms. The normalized spacial score (nSPS) is 11.3. The number of aliphatic hydroxyl groups excluding tert-OH is 1. The first-order chi connectivity index (χ1) is 9.78. The Balaban J connectivity index is 2.08. The largest absolute Gasteiger partial charge is 0.376 e. The number of benzene rings is 2. The first-order valence-corrected chi connectivity index (χ1v) is 6.08. The molecule has 3 aromatic rings. The van der Waals surface area contributed by atoms with Gasteiger partial charge in [-0.05, 0) is 36.4 Å². The van der Waals surface area contributed by atoms with Crippen LogP contribution < -0.4 is 4.90 Å². The topological polar surface area (TPSA) is 36.4 Å². The molecule has 19 heavy (non-hydrogen) atoms. The molecule has 0 saturated heterocycles. The fourth-order valence-electron chi connectivity index (χ4n) is 2.10. The van der Waals surface area contributed by atoms with Gasteiger partial charge in [0, 0.05) is 23.0 Å². The SMILES string of the molecule is [2H]c1cnc2ccc(N(CO)c3ccccc3)cc2c1. The molecule has 0 amide bonds. The van der Waals surface area contributed by atoms with Crippen molar-refractivity contribution in [3.63, 3.8) is 0 Å². The van der Waals surface area contributed by atoms with Crippen LogP contribution >= 0.6 is 0 Å². The van der Waals surface area contributed by atoms with E-state index < -0.39 is 0 Å². The Bertz CT molecular complexity index is 731. The summed E-state index contributed by atoms with van der Waals surface area (Å²) < 4.78 is 7.64. The minimum Gasteiger partial charge on any atom is -0.376 e. The number of fused-ring (bicyclic) bond motifs is 1. The monoisotopic (exact) mass is 251 g/mol. The van der Waals surface area contributed by atoms with Crippen LogP contribution in [0.4, 0.5) is 11.4 Å². The van der Waals surface area contributed by atoms with Crippen LogP contribution in [0.15, 0.2) is 66.8 Å². The molecule has 0 unspecified atom stereocenters. The molecule has 0 fully saturated rings. The Morgan fingerprint density at radius 1 is 1.05 bits per heavy atom. The van der Waals surface area contributed by atoms with Gasteiger partial charge in [-0.1, -0.05) is 24.3 Å². The van der Waals surface area contributed by atoms with Gasteiger partial charge in [-0.15, -0.1) is 0 Å². The quantitative estimate of drug-likeness (QED) is 0.725. The van der Waals surface area contributed by atoms with Crippen molar-refractivity contribution >= 4 is 22.3 Å². The zero-order valence-electron chi connectivity index (χ0n) is 11.3. The predicted molar refractivity (Wildman–Crippen MR) is 77.4 cm³/mol. The number of aliphatic hydroxyl groups is 1. The zero-order valence-corrected chi connectivity index (χ0v) is 10.3. The van der Waals surface area contributed by atoms with Crippen molar-refractivity contribution in [1.82, 2.24) is 4.98 Å². The lowest BCUT2D eigenvalue weighted by Gasteiger charge is -2.22. The van der Waals surface area contributed by atoms with E-state index in [0.717, 1.165) is 22.3 Å². The molecule has 0 aliphatic rings. The number of pyridine rings is 1. The zero-order chi connectivity index (χ0) is 13.9. The van der Waals surface area contributed by atoms with E-state index in [1.807, 2.05) is 48.5 Å². The minimum atomic E-state index is -0.108. The molecule has 0 radical (unpaired) electrons. The second kappa shape index (κ2) is 5.08. The van der Waals surface area contributed by atoms with Crippen molar-refractivity contribution in [3.8, 4) is 0 Å². The Morgan fingerprint density at radius 2 is 1.89 bits per heavy atom. The highest BCUT2D eigenvalue weighted by Crippen LogP contribution is 2.27. The summed E-state index contributed by atoms with van der Waals surface area (Å²) in [6.07, 6.45) is 1.53. The molecular weight excluding hydrogens is 236 g/mol. The van der Waals surface area contributed by atoms with E-state index in [1.165, 1.54) is 6.20 Å². The van der Waals surface area contributed by atoms with Gasteiger partial charge >= 0.3 is 0 Å². The molecule has 1 heterocycles. The Labute approximate surface area is 113 Å². The van der Waals surface area contributed by atoms with Crippen LogP contribution in [-0.4, -0.2) is 16.8 Å². The molecule has 0 aliphatic carbocycles. The van der Waals surface area contributed by atoms with Crippen LogP contribution in [0.25, 0.3) is 10.9 Å². The van der Waals surface area contributed by atoms with E-state index in [9.17, 15) is 5.11 Å². The molecule has 3 nitrogen and oxygen atoms in total. The van der Waals surface area contributed by atoms with Gasteiger partial charge in [0.25, 0.3) is 0 Å². The maximum Gasteiger partial charge on any atom is 0.120 e. The maximum atomic E-state index is 9.63. The van der Waals surface area contributed by atoms with Crippen LogP contribution in [0.3, 0.4) is 0 Å². The van der Waals surface area contributed by atoms with Gasteiger partial charge < -0.3 is 10.0 Å². The van der Waals surface area contributed by atoms with E-state index in [-0.39, 0.29) is 6.73 Å². The Morgan fingerprint density at radius 3 is 2.68 bits per heavy atom. The average molecular weight is 251 g/mol. The molecule has 3 rings (SSSR count). The lowest BCUT2D eigenvalue weighted by Crippen LogP contribution is -2.17. The van der Waals surface area contributed by atoms with E-state index in [2.05, 4.69) is 4.98 Å². The smallest absolute Gasteiger partial charge is 0.120 e. The number of anilines is 2. The van der Waals surface area contributed by atoms with Gasteiger partial charge in [-0.2, -0.15) is 0 Å². The van der Waals surface area contributed by atoms with Crippen molar-refractivity contribution in [2.75, 3.05) is 11.6 Å². The van der Waals surface area contributed by atoms with Gasteiger partial charge in [-0.3, -0.25) is 4.98 Å². The third-order valence-electron chi connectivity index (χ3n) is 3.05. The number of para-hydroxylation sites is 1. The maximum absolute atomic E-state index is 9.63. The molecule has 2 aromatic carbocycles. The highest BCUT2D eigenvalue weighted by atomic mass is 16.3. The van der Waals surface area contributed by atoms with Crippen molar-refractivity contribution < 1.29 is 6.48 Å². The summed E-state index contributed by atoms with van der Waals surface area (Å²) in [6, 6.07) is 17.6. The Kier molecular flexibility index (Phi) is 2.81. The predicted octanol–water partition coefficient (Wildman–Crippen LogP) is 3.32. The second-order valence-corrected chi connectivity index (χ2v) is 4.22. The molecule has 1 N–H and O–H groups in total. The average Bonchev–Trinajstić information content (AvgIpc) is 2.49. The van der Waals surface area contributed by atoms with Gasteiger partial charge in [0.1, 0.15) is 6.73 Å². The van der Waals surface area contributed by atoms with E-state index in [1.54, 1.807) is 11.0 Å². The van der Waals surface area contributed by atoms with Crippen LogP contribution in [-0.2, 0) is 0 Å². The number of hydrogen-bond acceptors (Lipinski definition) is 3. The van der Waals surface area contributed by atoms with Crippen LogP contribution in [0.5, 0.6) is 0 Å². The van der Waals surface area contributed by atoms with E-state index in [4.69, 9.17) is 1.37 Å². The summed E-state index contributed by atoms with van der Waals surface area (Å²) in [7, 11) is 0. The third kappa shape index (κ3) is 2.28. The van der Waals surface area contributed by atoms with Crippen LogP contribution in [0, 0.1) is 0 Å². The molecule has 0 atom stereocenters. The van der Waals surface area contributed by atoms with Crippen LogP contribution in [0.2, 0.25) is 0 Å². The summed E-state index contributed by atoms with van der Waals surface area (Å²) in [5.41, 5.74) is 2.64. The number of rotatable bonds is 3. The molecule has 0 saturated carbocycles. The lowest BCUT2D eigenvalue weighted by molar-refractivity contribution is 0.305. The fraction of sp³-hybridized carbons (Fsp3) is 0.0625. The minimum absolute atomic E-state index is 0.108. The standard InChI is InChI=1S/C16H14N2O/c19-12-18(14-6-2-1-3-7-14)15-8-9-16-13(11-15)5-4-10-17-16/h1-11,19H,12H2/i4D. The summed E-state index contributed by atoms with van der Waals surface area (Å²) in [5.74, 6) is 0.